The van der Waals surface area contributed by atoms with E-state index in [1.54, 1.807) is 0 Å². The fraction of sp³-hybridized carbons (Fsp3) is 0.625. The zero-order valence-electron chi connectivity index (χ0n) is 12.3. The number of likely N-dealkylation sites (tertiary alicyclic amines) is 1. The summed E-state index contributed by atoms with van der Waals surface area (Å²) in [5.74, 6) is -1.12. The van der Waals surface area contributed by atoms with E-state index < -0.39 is 17.7 Å². The number of halogens is 2. The molecule has 0 spiro atoms. The Morgan fingerprint density at radius 3 is 2.20 bits per heavy atom. The average molecular weight is 282 g/mol. The molecule has 1 fully saturated rings. The molecular weight excluding hydrogens is 258 g/mol. The molecule has 1 saturated heterocycles. The van der Waals surface area contributed by atoms with E-state index in [4.69, 9.17) is 5.73 Å². The van der Waals surface area contributed by atoms with Crippen molar-refractivity contribution in [2.24, 2.45) is 5.73 Å². The first kappa shape index (κ1) is 15.4. The Hall–Kier alpha value is -1.00. The van der Waals surface area contributed by atoms with Crippen LogP contribution in [-0.2, 0) is 0 Å². The predicted molar refractivity (Wildman–Crippen MR) is 77.4 cm³/mol. The number of benzene rings is 1. The van der Waals surface area contributed by atoms with Crippen LogP contribution in [0.1, 0.15) is 51.1 Å². The molecule has 0 bridgehead atoms. The van der Waals surface area contributed by atoms with Crippen LogP contribution in [0.4, 0.5) is 8.78 Å². The highest BCUT2D eigenvalue weighted by atomic mass is 19.1. The normalized spacial score (nSPS) is 21.4. The molecular formula is C16H24F2N2. The van der Waals surface area contributed by atoms with Crippen molar-refractivity contribution in [1.82, 2.24) is 4.90 Å². The van der Waals surface area contributed by atoms with E-state index in [9.17, 15) is 8.78 Å². The zero-order chi connectivity index (χ0) is 14.8. The summed E-state index contributed by atoms with van der Waals surface area (Å²) in [6.07, 6.45) is 4.44. The maximum absolute atomic E-state index is 13.4. The number of piperidine rings is 1. The molecule has 1 aliphatic heterocycles. The van der Waals surface area contributed by atoms with Gasteiger partial charge in [0.2, 0.25) is 0 Å². The molecule has 0 saturated carbocycles. The number of hydrogen-bond acceptors (Lipinski definition) is 2. The van der Waals surface area contributed by atoms with Crippen molar-refractivity contribution in [1.29, 1.82) is 0 Å². The van der Waals surface area contributed by atoms with Crippen molar-refractivity contribution >= 4 is 0 Å². The SMILES string of the molecule is CCC(C)(C(N)c1cc(F)cc(F)c1)N1CCCCC1. The molecule has 112 valence electrons. The minimum Gasteiger partial charge on any atom is -0.322 e. The van der Waals surface area contributed by atoms with Crippen LogP contribution in [0.5, 0.6) is 0 Å². The van der Waals surface area contributed by atoms with Gasteiger partial charge in [-0.05, 0) is 57.0 Å². The molecule has 2 unspecified atom stereocenters. The molecule has 0 aliphatic carbocycles. The van der Waals surface area contributed by atoms with Crippen LogP contribution in [0.3, 0.4) is 0 Å². The van der Waals surface area contributed by atoms with Gasteiger partial charge < -0.3 is 5.73 Å². The fourth-order valence-electron chi connectivity index (χ4n) is 3.16. The van der Waals surface area contributed by atoms with Crippen LogP contribution in [0.2, 0.25) is 0 Å². The van der Waals surface area contributed by atoms with Crippen LogP contribution in [0, 0.1) is 11.6 Å². The highest BCUT2D eigenvalue weighted by Crippen LogP contribution is 2.34. The molecule has 1 aromatic rings. The Bertz CT molecular complexity index is 438. The van der Waals surface area contributed by atoms with Crippen molar-refractivity contribution in [2.75, 3.05) is 13.1 Å². The quantitative estimate of drug-likeness (QED) is 0.914. The van der Waals surface area contributed by atoms with E-state index in [0.29, 0.717) is 5.56 Å². The Balaban J connectivity index is 2.29. The lowest BCUT2D eigenvalue weighted by atomic mass is 9.82. The summed E-state index contributed by atoms with van der Waals surface area (Å²) in [7, 11) is 0. The van der Waals surface area contributed by atoms with Gasteiger partial charge in [0.25, 0.3) is 0 Å². The summed E-state index contributed by atoms with van der Waals surface area (Å²) in [6, 6.07) is 3.20. The molecule has 1 heterocycles. The number of nitrogens with zero attached hydrogens (tertiary/aromatic N) is 1. The van der Waals surface area contributed by atoms with E-state index in [1.807, 2.05) is 0 Å². The maximum atomic E-state index is 13.4. The third-order valence-corrected chi connectivity index (χ3v) is 4.71. The lowest BCUT2D eigenvalue weighted by molar-refractivity contribution is 0.0541. The van der Waals surface area contributed by atoms with Crippen molar-refractivity contribution in [3.8, 4) is 0 Å². The van der Waals surface area contributed by atoms with E-state index in [0.717, 1.165) is 25.6 Å². The molecule has 1 aliphatic rings. The van der Waals surface area contributed by atoms with Crippen molar-refractivity contribution in [3.63, 3.8) is 0 Å². The first-order valence-corrected chi connectivity index (χ1v) is 7.44. The summed E-state index contributed by atoms with van der Waals surface area (Å²) >= 11 is 0. The Kier molecular flexibility index (Phi) is 4.76. The van der Waals surface area contributed by atoms with Crippen LogP contribution in [-0.4, -0.2) is 23.5 Å². The number of hydrogen-bond donors (Lipinski definition) is 1. The second kappa shape index (κ2) is 6.19. The van der Waals surface area contributed by atoms with Gasteiger partial charge in [0.05, 0.1) is 0 Å². The van der Waals surface area contributed by atoms with Gasteiger partial charge in [0.1, 0.15) is 11.6 Å². The summed E-state index contributed by atoms with van der Waals surface area (Å²) in [5.41, 5.74) is 6.65. The highest BCUT2D eigenvalue weighted by Gasteiger charge is 2.37. The fourth-order valence-corrected chi connectivity index (χ4v) is 3.16. The molecule has 2 atom stereocenters. The van der Waals surface area contributed by atoms with Gasteiger partial charge >= 0.3 is 0 Å². The molecule has 2 N–H and O–H groups in total. The van der Waals surface area contributed by atoms with E-state index in [-0.39, 0.29) is 5.54 Å². The topological polar surface area (TPSA) is 29.3 Å². The molecule has 1 aromatic carbocycles. The molecule has 4 heteroatoms. The van der Waals surface area contributed by atoms with Gasteiger partial charge in [0.15, 0.2) is 0 Å². The van der Waals surface area contributed by atoms with Gasteiger partial charge in [-0.1, -0.05) is 13.3 Å². The van der Waals surface area contributed by atoms with Crippen molar-refractivity contribution in [3.05, 3.63) is 35.4 Å². The van der Waals surface area contributed by atoms with E-state index in [1.165, 1.54) is 31.4 Å². The van der Waals surface area contributed by atoms with Crippen LogP contribution in [0.15, 0.2) is 18.2 Å². The second-order valence-electron chi connectivity index (χ2n) is 5.94. The first-order valence-electron chi connectivity index (χ1n) is 7.44. The largest absolute Gasteiger partial charge is 0.322 e. The molecule has 20 heavy (non-hydrogen) atoms. The standard InChI is InChI=1S/C16H24F2N2/c1-3-16(2,20-7-5-4-6-8-20)15(19)12-9-13(17)11-14(18)10-12/h9-11,15H,3-8,19H2,1-2H3. The van der Waals surface area contributed by atoms with Crippen molar-refractivity contribution in [2.45, 2.75) is 51.1 Å². The number of rotatable bonds is 4. The van der Waals surface area contributed by atoms with Gasteiger partial charge in [-0.15, -0.1) is 0 Å². The number of nitrogens with two attached hydrogens (primary N) is 1. The van der Waals surface area contributed by atoms with Gasteiger partial charge in [-0.2, -0.15) is 0 Å². The first-order chi connectivity index (χ1) is 9.47. The second-order valence-corrected chi connectivity index (χ2v) is 5.94. The lowest BCUT2D eigenvalue weighted by Gasteiger charge is -2.47. The van der Waals surface area contributed by atoms with E-state index in [2.05, 4.69) is 18.7 Å². The van der Waals surface area contributed by atoms with Gasteiger partial charge in [-0.3, -0.25) is 4.90 Å². The molecule has 2 nitrogen and oxygen atoms in total. The van der Waals surface area contributed by atoms with Gasteiger partial charge in [0, 0.05) is 17.6 Å². The van der Waals surface area contributed by atoms with Crippen LogP contribution >= 0.6 is 0 Å². The smallest absolute Gasteiger partial charge is 0.126 e. The Morgan fingerprint density at radius 1 is 1.15 bits per heavy atom. The van der Waals surface area contributed by atoms with E-state index >= 15 is 0 Å². The lowest BCUT2D eigenvalue weighted by Crippen LogP contribution is -2.54. The summed E-state index contributed by atoms with van der Waals surface area (Å²) in [4.78, 5) is 2.38. The van der Waals surface area contributed by atoms with Crippen molar-refractivity contribution < 1.29 is 8.78 Å². The zero-order valence-corrected chi connectivity index (χ0v) is 12.3. The molecule has 2 rings (SSSR count). The monoisotopic (exact) mass is 282 g/mol. The molecule has 0 amide bonds. The Morgan fingerprint density at radius 2 is 1.70 bits per heavy atom. The van der Waals surface area contributed by atoms with Crippen LogP contribution in [0.25, 0.3) is 0 Å². The molecule has 0 radical (unpaired) electrons. The minimum atomic E-state index is -0.562. The highest BCUT2D eigenvalue weighted by molar-refractivity contribution is 5.24. The van der Waals surface area contributed by atoms with Gasteiger partial charge in [-0.25, -0.2) is 8.78 Å². The summed E-state index contributed by atoms with van der Waals surface area (Å²) in [6.45, 7) is 6.21. The third kappa shape index (κ3) is 3.01. The summed E-state index contributed by atoms with van der Waals surface area (Å²) < 4.78 is 26.8. The minimum absolute atomic E-state index is 0.263. The maximum Gasteiger partial charge on any atom is 0.126 e. The third-order valence-electron chi connectivity index (χ3n) is 4.71. The predicted octanol–water partition coefficient (Wildman–Crippen LogP) is 3.62. The summed E-state index contributed by atoms with van der Waals surface area (Å²) in [5, 5.41) is 0. The van der Waals surface area contributed by atoms with Crippen LogP contribution < -0.4 is 5.73 Å². The Labute approximate surface area is 120 Å². The molecule has 0 aromatic heterocycles. The average Bonchev–Trinajstić information content (AvgIpc) is 2.45.